The number of methoxy groups -OCH3 is 1. The van der Waals surface area contributed by atoms with Gasteiger partial charge in [-0.05, 0) is 74.0 Å². The highest BCUT2D eigenvalue weighted by atomic mass is 35.5. The topological polar surface area (TPSA) is 44.8 Å². The Bertz CT molecular complexity index is 868. The number of hydrogen-bond acceptors (Lipinski definition) is 3. The number of carbonyl (C=O) groups excluding carboxylic acids is 1. The Morgan fingerprint density at radius 3 is 2.55 bits per heavy atom. The van der Waals surface area contributed by atoms with E-state index in [0.29, 0.717) is 12.5 Å². The van der Waals surface area contributed by atoms with Crippen LogP contribution in [-0.2, 0) is 13.0 Å². The largest absolute Gasteiger partial charge is 0.497 e. The second-order valence-electron chi connectivity index (χ2n) is 8.75. The van der Waals surface area contributed by atoms with Crippen molar-refractivity contribution in [3.05, 3.63) is 64.7 Å². The fraction of sp³-hybridized carbons (Fsp3) is 0.480. The average Bonchev–Trinajstić information content (AvgIpc) is 2.79. The number of piperidine rings is 1. The smallest absolute Gasteiger partial charge is 0.317 e. The lowest BCUT2D eigenvalue weighted by Crippen LogP contribution is -2.55. The number of nitrogens with one attached hydrogen (secondary N) is 1. The van der Waals surface area contributed by atoms with Crippen molar-refractivity contribution in [3.8, 4) is 5.75 Å². The molecule has 0 spiro atoms. The summed E-state index contributed by atoms with van der Waals surface area (Å²) in [6, 6.07) is 16.4. The van der Waals surface area contributed by atoms with Crippen LogP contribution < -0.4 is 10.1 Å². The summed E-state index contributed by atoms with van der Waals surface area (Å²) >= 11 is 6.40. The number of nitrogens with zero attached hydrogens (tertiary/aromatic N) is 2. The number of halogens is 1. The summed E-state index contributed by atoms with van der Waals surface area (Å²) < 4.78 is 5.35. The lowest BCUT2D eigenvalue weighted by molar-refractivity contribution is 0.136. The van der Waals surface area contributed by atoms with E-state index in [4.69, 9.17) is 16.3 Å². The van der Waals surface area contributed by atoms with E-state index in [1.165, 1.54) is 11.1 Å². The van der Waals surface area contributed by atoms with E-state index >= 15 is 0 Å². The molecular weight excluding hydrogens is 410 g/mol. The molecule has 2 aliphatic heterocycles. The Labute approximate surface area is 190 Å². The van der Waals surface area contributed by atoms with Crippen LogP contribution in [0.4, 0.5) is 4.79 Å². The third-order valence-corrected chi connectivity index (χ3v) is 6.89. The molecule has 0 aromatic heterocycles. The van der Waals surface area contributed by atoms with Crippen LogP contribution in [0.5, 0.6) is 5.75 Å². The minimum absolute atomic E-state index is 0.0580. The number of ether oxygens (including phenoxy) is 1. The minimum Gasteiger partial charge on any atom is -0.497 e. The van der Waals surface area contributed by atoms with Crippen molar-refractivity contribution < 1.29 is 9.53 Å². The van der Waals surface area contributed by atoms with Gasteiger partial charge in [0.1, 0.15) is 5.75 Å². The number of carbonyl (C=O) groups is 1. The molecule has 0 aliphatic carbocycles. The van der Waals surface area contributed by atoms with Crippen molar-refractivity contribution >= 4 is 17.6 Å². The SMILES string of the molecule is COc1ccc(Cl)c(CC2CCN(CC3CCN(Cc4ccccc4)C(=O)N3)CC2)c1. The van der Waals surface area contributed by atoms with Gasteiger partial charge >= 0.3 is 6.03 Å². The molecule has 2 aromatic carbocycles. The molecule has 1 unspecified atom stereocenters. The van der Waals surface area contributed by atoms with E-state index in [1.807, 2.05) is 35.2 Å². The Kier molecular flexibility index (Phi) is 7.36. The molecule has 2 aromatic rings. The molecule has 31 heavy (non-hydrogen) atoms. The van der Waals surface area contributed by atoms with Gasteiger partial charge in [-0.2, -0.15) is 0 Å². The van der Waals surface area contributed by atoms with Crippen LogP contribution >= 0.6 is 11.6 Å². The number of likely N-dealkylation sites (tertiary alicyclic amines) is 1. The van der Waals surface area contributed by atoms with Crippen LogP contribution in [0.25, 0.3) is 0 Å². The standard InChI is InChI=1S/C25H32ClN3O2/c1-31-23-7-8-24(26)21(16-23)15-19-9-12-28(13-10-19)18-22-11-14-29(25(30)27-22)17-20-5-3-2-4-6-20/h2-8,16,19,22H,9-15,17-18H2,1H3,(H,27,30). The van der Waals surface area contributed by atoms with Crippen molar-refractivity contribution in [3.63, 3.8) is 0 Å². The predicted molar refractivity (Wildman–Crippen MR) is 125 cm³/mol. The van der Waals surface area contributed by atoms with Gasteiger partial charge in [0, 0.05) is 30.7 Å². The maximum absolute atomic E-state index is 12.6. The summed E-state index contributed by atoms with van der Waals surface area (Å²) in [7, 11) is 1.69. The lowest BCUT2D eigenvalue weighted by atomic mass is 9.90. The van der Waals surface area contributed by atoms with Crippen LogP contribution in [0, 0.1) is 5.92 Å². The number of urea groups is 1. The quantitative estimate of drug-likeness (QED) is 0.683. The van der Waals surface area contributed by atoms with E-state index in [0.717, 1.165) is 62.6 Å². The van der Waals surface area contributed by atoms with Crippen LogP contribution in [0.3, 0.4) is 0 Å². The fourth-order valence-corrected chi connectivity index (χ4v) is 4.87. The fourth-order valence-electron chi connectivity index (χ4n) is 4.67. The summed E-state index contributed by atoms with van der Waals surface area (Å²) in [5.74, 6) is 1.51. The van der Waals surface area contributed by atoms with Crippen LogP contribution in [0.1, 0.15) is 30.4 Å². The second-order valence-corrected chi connectivity index (χ2v) is 9.15. The van der Waals surface area contributed by atoms with Crippen molar-refractivity contribution in [1.29, 1.82) is 0 Å². The van der Waals surface area contributed by atoms with Gasteiger partial charge in [-0.15, -0.1) is 0 Å². The molecule has 2 aliphatic rings. The van der Waals surface area contributed by atoms with Gasteiger partial charge in [0.25, 0.3) is 0 Å². The molecule has 2 fully saturated rings. The Balaban J connectivity index is 1.21. The van der Waals surface area contributed by atoms with Gasteiger partial charge in [-0.3, -0.25) is 0 Å². The summed E-state index contributed by atoms with van der Waals surface area (Å²) in [6.45, 7) is 4.59. The molecule has 2 saturated heterocycles. The first-order valence-electron chi connectivity index (χ1n) is 11.2. The summed E-state index contributed by atoms with van der Waals surface area (Å²) in [6.07, 6.45) is 4.32. The lowest BCUT2D eigenvalue weighted by Gasteiger charge is -2.38. The molecule has 4 rings (SSSR count). The Hall–Kier alpha value is -2.24. The van der Waals surface area contributed by atoms with Crippen LogP contribution in [0.2, 0.25) is 5.02 Å². The van der Waals surface area contributed by atoms with Crippen molar-refractivity contribution in [2.45, 2.75) is 38.3 Å². The van der Waals surface area contributed by atoms with Gasteiger partial charge < -0.3 is 19.9 Å². The van der Waals surface area contributed by atoms with Gasteiger partial charge in [-0.25, -0.2) is 4.79 Å². The maximum Gasteiger partial charge on any atom is 0.317 e. The zero-order valence-corrected chi connectivity index (χ0v) is 19.0. The number of benzene rings is 2. The minimum atomic E-state index is 0.0580. The van der Waals surface area contributed by atoms with Crippen LogP contribution in [0.15, 0.2) is 48.5 Å². The molecule has 1 atom stereocenters. The molecule has 0 saturated carbocycles. The third kappa shape index (κ3) is 5.92. The molecule has 1 N–H and O–H groups in total. The number of amides is 2. The van der Waals surface area contributed by atoms with E-state index in [9.17, 15) is 4.79 Å². The van der Waals surface area contributed by atoms with Crippen LogP contribution in [-0.4, -0.2) is 55.2 Å². The number of rotatable bonds is 7. The zero-order valence-electron chi connectivity index (χ0n) is 18.2. The first-order chi connectivity index (χ1) is 15.1. The second kappa shape index (κ2) is 10.4. The van der Waals surface area contributed by atoms with E-state index in [2.05, 4.69) is 28.4 Å². The molecule has 2 amide bonds. The van der Waals surface area contributed by atoms with Gasteiger partial charge in [-0.1, -0.05) is 41.9 Å². The van der Waals surface area contributed by atoms with Crippen molar-refractivity contribution in [2.24, 2.45) is 5.92 Å². The molecule has 5 nitrogen and oxygen atoms in total. The van der Waals surface area contributed by atoms with Gasteiger partial charge in [0.05, 0.1) is 7.11 Å². The summed E-state index contributed by atoms with van der Waals surface area (Å²) in [5, 5.41) is 4.05. The average molecular weight is 442 g/mol. The molecule has 6 heteroatoms. The normalized spacial score (nSPS) is 20.5. The highest BCUT2D eigenvalue weighted by molar-refractivity contribution is 6.31. The van der Waals surface area contributed by atoms with Crippen molar-refractivity contribution in [1.82, 2.24) is 15.1 Å². The predicted octanol–water partition coefficient (Wildman–Crippen LogP) is 4.59. The first-order valence-corrected chi connectivity index (χ1v) is 11.6. The molecular formula is C25H32ClN3O2. The molecule has 0 radical (unpaired) electrons. The van der Waals surface area contributed by atoms with Crippen molar-refractivity contribution in [2.75, 3.05) is 33.3 Å². The monoisotopic (exact) mass is 441 g/mol. The molecule has 166 valence electrons. The third-order valence-electron chi connectivity index (χ3n) is 6.53. The molecule has 2 heterocycles. The first kappa shape index (κ1) is 22.0. The Morgan fingerprint density at radius 1 is 1.06 bits per heavy atom. The van der Waals surface area contributed by atoms with E-state index in [1.54, 1.807) is 7.11 Å². The molecule has 0 bridgehead atoms. The van der Waals surface area contributed by atoms with Gasteiger partial charge in [0.15, 0.2) is 0 Å². The summed E-state index contributed by atoms with van der Waals surface area (Å²) in [5.41, 5.74) is 2.35. The van der Waals surface area contributed by atoms with E-state index < -0.39 is 0 Å². The highest BCUT2D eigenvalue weighted by Crippen LogP contribution is 2.28. The van der Waals surface area contributed by atoms with E-state index in [-0.39, 0.29) is 12.1 Å². The Morgan fingerprint density at radius 2 is 1.84 bits per heavy atom. The van der Waals surface area contributed by atoms with Gasteiger partial charge in [0.2, 0.25) is 0 Å². The number of hydrogen-bond donors (Lipinski definition) is 1. The maximum atomic E-state index is 12.6. The summed E-state index contributed by atoms with van der Waals surface area (Å²) in [4.78, 5) is 17.0. The highest BCUT2D eigenvalue weighted by Gasteiger charge is 2.28. The zero-order chi connectivity index (χ0) is 21.6.